The number of anilines is 1. The van der Waals surface area contributed by atoms with E-state index in [4.69, 9.17) is 0 Å². The molecule has 0 saturated carbocycles. The molecule has 0 amide bonds. The fourth-order valence-corrected chi connectivity index (χ4v) is 1.87. The first kappa shape index (κ1) is 10.9. The van der Waals surface area contributed by atoms with Crippen molar-refractivity contribution in [2.75, 3.05) is 31.1 Å². The number of rotatable bonds is 1. The minimum atomic E-state index is 0. The first-order chi connectivity index (χ1) is 5.47. The number of aromatic nitrogens is 1. The molecule has 0 spiro atoms. The predicted molar refractivity (Wildman–Crippen MR) is 47.4 cm³/mol. The van der Waals surface area contributed by atoms with Crippen LogP contribution in [0.1, 0.15) is 0 Å². The van der Waals surface area contributed by atoms with Gasteiger partial charge in [0.15, 0.2) is 5.13 Å². The molecule has 0 aliphatic carbocycles. The van der Waals surface area contributed by atoms with E-state index in [0.717, 1.165) is 31.3 Å². The Kier molecular flexibility index (Phi) is 5.04. The van der Waals surface area contributed by atoms with Gasteiger partial charge in [-0.15, -0.1) is 24.4 Å². The molecule has 0 bridgehead atoms. The van der Waals surface area contributed by atoms with Crippen LogP contribution >= 0.6 is 11.3 Å². The van der Waals surface area contributed by atoms with E-state index in [1.807, 2.05) is 11.6 Å². The summed E-state index contributed by atoms with van der Waals surface area (Å²) in [6.45, 7) is 3.99. The SMILES string of the molecule is [Ac].c1csc(N2CC[N-]CC2)n1. The summed E-state index contributed by atoms with van der Waals surface area (Å²) in [5.41, 5.74) is 0. The van der Waals surface area contributed by atoms with Crippen molar-refractivity contribution in [3.05, 3.63) is 16.9 Å². The van der Waals surface area contributed by atoms with Crippen molar-refractivity contribution in [1.82, 2.24) is 4.98 Å². The van der Waals surface area contributed by atoms with Crippen molar-refractivity contribution in [1.29, 1.82) is 0 Å². The minimum absolute atomic E-state index is 0. The van der Waals surface area contributed by atoms with Gasteiger partial charge in [0.25, 0.3) is 0 Å². The molecule has 63 valence electrons. The molecular formula is C7H10AcN3S-. The van der Waals surface area contributed by atoms with Crippen LogP contribution in [0.3, 0.4) is 0 Å². The van der Waals surface area contributed by atoms with Gasteiger partial charge in [0.2, 0.25) is 0 Å². The average molecular weight is 395 g/mol. The van der Waals surface area contributed by atoms with Crippen molar-refractivity contribution in [2.45, 2.75) is 0 Å². The Hall–Kier alpha value is 0.832. The summed E-state index contributed by atoms with van der Waals surface area (Å²) < 4.78 is 0. The number of piperazine rings is 1. The first-order valence-corrected chi connectivity index (χ1v) is 4.62. The standard InChI is InChI=1S/C7H10N3S.Ac/c1-4-10(5-2-8-1)7-9-3-6-11-7;/h3,6H,1-2,4-5H2;/q-1;. The molecular weight excluding hydrogens is 385 g/mol. The Bertz CT molecular complexity index is 208. The van der Waals surface area contributed by atoms with Gasteiger partial charge < -0.3 is 10.2 Å². The van der Waals surface area contributed by atoms with Crippen LogP contribution in [0.25, 0.3) is 5.32 Å². The maximum absolute atomic E-state index is 4.27. The van der Waals surface area contributed by atoms with E-state index in [2.05, 4.69) is 15.2 Å². The number of hydrogen-bond donors (Lipinski definition) is 0. The van der Waals surface area contributed by atoms with Crippen molar-refractivity contribution < 1.29 is 44.1 Å². The van der Waals surface area contributed by atoms with Gasteiger partial charge in [-0.05, 0) is 0 Å². The Morgan fingerprint density at radius 3 is 2.75 bits per heavy atom. The van der Waals surface area contributed by atoms with E-state index in [0.29, 0.717) is 0 Å². The molecule has 1 radical (unpaired) electrons. The van der Waals surface area contributed by atoms with Crippen LogP contribution in [-0.4, -0.2) is 31.2 Å². The number of thiazole rings is 1. The molecule has 12 heavy (non-hydrogen) atoms. The predicted octanol–water partition coefficient (Wildman–Crippen LogP) is 1.34. The van der Waals surface area contributed by atoms with Crippen LogP contribution in [0.5, 0.6) is 0 Å². The molecule has 1 saturated heterocycles. The van der Waals surface area contributed by atoms with Gasteiger partial charge in [-0.1, -0.05) is 0 Å². The summed E-state index contributed by atoms with van der Waals surface area (Å²) in [6, 6.07) is 0. The summed E-state index contributed by atoms with van der Waals surface area (Å²) in [5, 5.41) is 7.43. The second-order valence-electron chi connectivity index (χ2n) is 2.47. The molecule has 5 heteroatoms. The van der Waals surface area contributed by atoms with Crippen molar-refractivity contribution in [2.24, 2.45) is 0 Å². The minimum Gasteiger partial charge on any atom is -0.659 e. The molecule has 2 heterocycles. The fourth-order valence-electron chi connectivity index (χ4n) is 1.17. The molecule has 0 atom stereocenters. The third kappa shape index (κ3) is 2.66. The maximum Gasteiger partial charge on any atom is 0.185 e. The van der Waals surface area contributed by atoms with E-state index in [1.54, 1.807) is 11.3 Å². The van der Waals surface area contributed by atoms with Gasteiger partial charge in [0.05, 0.1) is 0 Å². The van der Waals surface area contributed by atoms with Crippen LogP contribution in [0.15, 0.2) is 11.6 Å². The summed E-state index contributed by atoms with van der Waals surface area (Å²) in [7, 11) is 0. The molecule has 1 aliphatic heterocycles. The van der Waals surface area contributed by atoms with Crippen LogP contribution in [0, 0.1) is 44.1 Å². The Morgan fingerprint density at radius 2 is 2.17 bits per heavy atom. The van der Waals surface area contributed by atoms with Crippen LogP contribution in [-0.2, 0) is 0 Å². The molecule has 0 unspecified atom stereocenters. The Labute approximate surface area is 112 Å². The van der Waals surface area contributed by atoms with Crippen molar-refractivity contribution in [3.63, 3.8) is 0 Å². The van der Waals surface area contributed by atoms with Gasteiger partial charge in [-0.3, -0.25) is 0 Å². The molecule has 3 nitrogen and oxygen atoms in total. The number of nitrogens with zero attached hydrogens (tertiary/aromatic N) is 3. The van der Waals surface area contributed by atoms with Gasteiger partial charge in [0, 0.05) is 68.7 Å². The van der Waals surface area contributed by atoms with E-state index in [9.17, 15) is 0 Å². The van der Waals surface area contributed by atoms with Crippen LogP contribution in [0.2, 0.25) is 0 Å². The summed E-state index contributed by atoms with van der Waals surface area (Å²) in [5.74, 6) is 0. The normalized spacial score (nSPS) is 17.2. The summed E-state index contributed by atoms with van der Waals surface area (Å²) in [4.78, 5) is 6.53. The van der Waals surface area contributed by atoms with Crippen LogP contribution in [0.4, 0.5) is 5.13 Å². The average Bonchev–Trinajstić information content (AvgIpc) is 2.58. The molecule has 1 aliphatic rings. The van der Waals surface area contributed by atoms with Gasteiger partial charge in [-0.2, -0.15) is 0 Å². The molecule has 1 aromatic heterocycles. The maximum atomic E-state index is 4.27. The summed E-state index contributed by atoms with van der Waals surface area (Å²) in [6.07, 6.45) is 1.85. The largest absolute Gasteiger partial charge is 0.659 e. The zero-order chi connectivity index (χ0) is 7.52. The molecule has 0 aromatic carbocycles. The second kappa shape index (κ2) is 5.54. The van der Waals surface area contributed by atoms with E-state index in [-0.39, 0.29) is 44.1 Å². The number of hydrogen-bond acceptors (Lipinski definition) is 3. The third-order valence-electron chi connectivity index (χ3n) is 1.75. The second-order valence-corrected chi connectivity index (χ2v) is 3.35. The molecule has 2 rings (SSSR count). The Balaban J connectivity index is 0.000000720. The van der Waals surface area contributed by atoms with Gasteiger partial charge >= 0.3 is 0 Å². The first-order valence-electron chi connectivity index (χ1n) is 3.74. The van der Waals surface area contributed by atoms with Crippen molar-refractivity contribution in [3.8, 4) is 0 Å². The Morgan fingerprint density at radius 1 is 1.42 bits per heavy atom. The molecule has 0 N–H and O–H groups in total. The topological polar surface area (TPSA) is 30.2 Å². The third-order valence-corrected chi connectivity index (χ3v) is 2.58. The van der Waals surface area contributed by atoms with Crippen LogP contribution < -0.4 is 4.90 Å². The van der Waals surface area contributed by atoms with Gasteiger partial charge in [0.1, 0.15) is 0 Å². The van der Waals surface area contributed by atoms with Gasteiger partial charge in [-0.25, -0.2) is 4.98 Å². The monoisotopic (exact) mass is 395 g/mol. The zero-order valence-electron chi connectivity index (χ0n) is 6.81. The molecule has 1 aromatic rings. The van der Waals surface area contributed by atoms with E-state index in [1.165, 1.54) is 0 Å². The smallest absolute Gasteiger partial charge is 0.185 e. The fraction of sp³-hybridized carbons (Fsp3) is 0.571. The van der Waals surface area contributed by atoms with Crippen molar-refractivity contribution >= 4 is 16.5 Å². The zero-order valence-corrected chi connectivity index (χ0v) is 12.4. The molecule has 1 fully saturated rings. The van der Waals surface area contributed by atoms with E-state index < -0.39 is 0 Å². The van der Waals surface area contributed by atoms with E-state index >= 15 is 0 Å². The summed E-state index contributed by atoms with van der Waals surface area (Å²) >= 11 is 1.70. The quantitative estimate of drug-likeness (QED) is 0.719.